The first-order chi connectivity index (χ1) is 10.2. The number of hydrogen-bond acceptors (Lipinski definition) is 3. The highest BCUT2D eigenvalue weighted by Gasteiger charge is 2.17. The average Bonchev–Trinajstić information content (AvgIpc) is 2.52. The summed E-state index contributed by atoms with van der Waals surface area (Å²) >= 11 is 3.34. The normalized spacial score (nSPS) is 18.6. The molecule has 2 heterocycles. The van der Waals surface area contributed by atoms with Gasteiger partial charge in [0, 0.05) is 18.6 Å². The summed E-state index contributed by atoms with van der Waals surface area (Å²) in [4.78, 5) is 19.5. The van der Waals surface area contributed by atoms with Gasteiger partial charge in [0.1, 0.15) is 10.3 Å². The minimum atomic E-state index is -0.144. The summed E-state index contributed by atoms with van der Waals surface area (Å²) in [5.41, 5.74) is 1.47. The maximum atomic E-state index is 12.1. The Balaban J connectivity index is 1.92. The molecule has 0 radical (unpaired) electrons. The summed E-state index contributed by atoms with van der Waals surface area (Å²) in [5, 5.41) is 0. The van der Waals surface area contributed by atoms with E-state index in [4.69, 9.17) is 4.74 Å². The number of nitrogens with zero attached hydrogens (tertiary/aromatic N) is 1. The van der Waals surface area contributed by atoms with Crippen molar-refractivity contribution >= 4 is 15.9 Å². The zero-order chi connectivity index (χ0) is 14.7. The molecule has 1 aliphatic heterocycles. The van der Waals surface area contributed by atoms with Crippen LogP contribution in [0.25, 0.3) is 11.3 Å². The van der Waals surface area contributed by atoms with Gasteiger partial charge < -0.3 is 9.72 Å². The average molecular weight is 349 g/mol. The smallest absolute Gasteiger partial charge is 0.265 e. The Morgan fingerprint density at radius 1 is 1.29 bits per heavy atom. The Kier molecular flexibility index (Phi) is 4.51. The van der Waals surface area contributed by atoms with E-state index >= 15 is 0 Å². The fraction of sp³-hybridized carbons (Fsp3) is 0.375. The van der Waals surface area contributed by atoms with E-state index in [0.717, 1.165) is 25.0 Å². The second-order valence-corrected chi connectivity index (χ2v) is 6.03. The fourth-order valence-electron chi connectivity index (χ4n) is 2.57. The summed E-state index contributed by atoms with van der Waals surface area (Å²) in [6.45, 7) is 0.803. The van der Waals surface area contributed by atoms with Gasteiger partial charge in [-0.05, 0) is 35.2 Å². The van der Waals surface area contributed by atoms with E-state index in [0.29, 0.717) is 22.4 Å². The van der Waals surface area contributed by atoms with E-state index in [1.807, 2.05) is 30.3 Å². The molecular weight excluding hydrogens is 332 g/mol. The molecule has 1 saturated heterocycles. The van der Waals surface area contributed by atoms with Crippen LogP contribution in [0.2, 0.25) is 0 Å². The molecule has 110 valence electrons. The van der Waals surface area contributed by atoms with Gasteiger partial charge in [-0.3, -0.25) is 4.79 Å². The first-order valence-corrected chi connectivity index (χ1v) is 7.99. The number of nitrogens with one attached hydrogen (secondary N) is 1. The van der Waals surface area contributed by atoms with Crippen LogP contribution in [0, 0.1) is 0 Å². The topological polar surface area (TPSA) is 55.0 Å². The minimum Gasteiger partial charge on any atom is -0.378 e. The number of hydrogen-bond donors (Lipinski definition) is 1. The van der Waals surface area contributed by atoms with Crippen LogP contribution >= 0.6 is 15.9 Å². The van der Waals surface area contributed by atoms with Crippen molar-refractivity contribution in [3.63, 3.8) is 0 Å². The fourth-order valence-corrected chi connectivity index (χ4v) is 2.99. The number of rotatable bonds is 3. The lowest BCUT2D eigenvalue weighted by atomic mass is 10.1. The number of aromatic nitrogens is 2. The van der Waals surface area contributed by atoms with Crippen LogP contribution in [0.4, 0.5) is 0 Å². The Morgan fingerprint density at radius 3 is 2.81 bits per heavy atom. The summed E-state index contributed by atoms with van der Waals surface area (Å²) in [6, 6.07) is 9.73. The van der Waals surface area contributed by atoms with Gasteiger partial charge in [0.25, 0.3) is 5.56 Å². The van der Waals surface area contributed by atoms with Gasteiger partial charge in [0.05, 0.1) is 11.8 Å². The third kappa shape index (κ3) is 3.41. The summed E-state index contributed by atoms with van der Waals surface area (Å²) in [5.74, 6) is 0.689. The molecule has 0 aliphatic carbocycles. The molecule has 1 aliphatic rings. The molecule has 1 N–H and O–H groups in total. The lowest BCUT2D eigenvalue weighted by Crippen LogP contribution is -2.24. The highest BCUT2D eigenvalue weighted by atomic mass is 79.9. The predicted octanol–water partition coefficient (Wildman–Crippen LogP) is 3.31. The summed E-state index contributed by atoms with van der Waals surface area (Å²) in [7, 11) is 0. The Bertz CT molecular complexity index is 664. The number of H-pyrrole nitrogens is 1. The number of aromatic amines is 1. The SMILES string of the molecule is O=c1[nH]c(CC2CCCCO2)nc(-c2ccccc2)c1Br. The molecule has 1 fully saturated rings. The zero-order valence-electron chi connectivity index (χ0n) is 11.6. The van der Waals surface area contributed by atoms with Crippen LogP contribution in [-0.4, -0.2) is 22.7 Å². The van der Waals surface area contributed by atoms with E-state index < -0.39 is 0 Å². The van der Waals surface area contributed by atoms with Crippen molar-refractivity contribution in [3.05, 3.63) is 51.0 Å². The van der Waals surface area contributed by atoms with Crippen molar-refractivity contribution in [3.8, 4) is 11.3 Å². The molecule has 1 atom stereocenters. The molecule has 2 aromatic rings. The van der Waals surface area contributed by atoms with Crippen LogP contribution in [0.15, 0.2) is 39.6 Å². The molecule has 21 heavy (non-hydrogen) atoms. The standard InChI is InChI=1S/C16H17BrN2O2/c17-14-15(11-6-2-1-3-7-11)18-13(19-16(14)20)10-12-8-4-5-9-21-12/h1-3,6-7,12H,4-5,8-10H2,(H,18,19,20). The zero-order valence-corrected chi connectivity index (χ0v) is 13.2. The molecule has 3 rings (SSSR count). The van der Waals surface area contributed by atoms with E-state index in [2.05, 4.69) is 25.9 Å². The van der Waals surface area contributed by atoms with E-state index in [9.17, 15) is 4.79 Å². The molecule has 0 bridgehead atoms. The maximum Gasteiger partial charge on any atom is 0.265 e. The monoisotopic (exact) mass is 348 g/mol. The first-order valence-electron chi connectivity index (χ1n) is 7.20. The highest BCUT2D eigenvalue weighted by Crippen LogP contribution is 2.23. The number of ether oxygens (including phenoxy) is 1. The van der Waals surface area contributed by atoms with E-state index in [-0.39, 0.29) is 11.7 Å². The molecule has 0 amide bonds. The minimum absolute atomic E-state index is 0.144. The van der Waals surface area contributed by atoms with Gasteiger partial charge in [0.15, 0.2) is 0 Å². The second kappa shape index (κ2) is 6.54. The maximum absolute atomic E-state index is 12.1. The van der Waals surface area contributed by atoms with Crippen LogP contribution in [-0.2, 0) is 11.2 Å². The van der Waals surface area contributed by atoms with Crippen LogP contribution < -0.4 is 5.56 Å². The third-order valence-corrected chi connectivity index (χ3v) is 4.39. The predicted molar refractivity (Wildman–Crippen MR) is 85.3 cm³/mol. The van der Waals surface area contributed by atoms with Gasteiger partial charge in [-0.15, -0.1) is 0 Å². The lowest BCUT2D eigenvalue weighted by molar-refractivity contribution is 0.0156. The molecule has 1 unspecified atom stereocenters. The second-order valence-electron chi connectivity index (χ2n) is 5.23. The van der Waals surface area contributed by atoms with Crippen LogP contribution in [0.1, 0.15) is 25.1 Å². The molecule has 1 aromatic heterocycles. The molecule has 1 aromatic carbocycles. The first kappa shape index (κ1) is 14.5. The summed E-state index contributed by atoms with van der Waals surface area (Å²) in [6.07, 6.45) is 4.14. The van der Waals surface area contributed by atoms with Gasteiger partial charge in [-0.2, -0.15) is 0 Å². The number of benzene rings is 1. The van der Waals surface area contributed by atoms with Gasteiger partial charge >= 0.3 is 0 Å². The molecule has 0 saturated carbocycles. The largest absolute Gasteiger partial charge is 0.378 e. The molecule has 5 heteroatoms. The van der Waals surface area contributed by atoms with Crippen molar-refractivity contribution in [2.75, 3.05) is 6.61 Å². The van der Waals surface area contributed by atoms with Crippen molar-refractivity contribution < 1.29 is 4.74 Å². The van der Waals surface area contributed by atoms with E-state index in [1.165, 1.54) is 6.42 Å². The van der Waals surface area contributed by atoms with Crippen molar-refractivity contribution in [2.45, 2.75) is 31.8 Å². The van der Waals surface area contributed by atoms with Crippen LogP contribution in [0.3, 0.4) is 0 Å². The Labute approximate surface area is 131 Å². The lowest BCUT2D eigenvalue weighted by Gasteiger charge is -2.22. The molecular formula is C16H17BrN2O2. The van der Waals surface area contributed by atoms with Crippen LogP contribution in [0.5, 0.6) is 0 Å². The summed E-state index contributed by atoms with van der Waals surface area (Å²) < 4.78 is 6.20. The third-order valence-electron chi connectivity index (χ3n) is 3.65. The molecule has 0 spiro atoms. The van der Waals surface area contributed by atoms with Crippen molar-refractivity contribution in [1.29, 1.82) is 0 Å². The highest BCUT2D eigenvalue weighted by molar-refractivity contribution is 9.10. The van der Waals surface area contributed by atoms with Gasteiger partial charge in [-0.25, -0.2) is 4.98 Å². The quantitative estimate of drug-likeness (QED) is 0.925. The van der Waals surface area contributed by atoms with Crippen molar-refractivity contribution in [1.82, 2.24) is 9.97 Å². The molecule has 4 nitrogen and oxygen atoms in total. The van der Waals surface area contributed by atoms with Gasteiger partial charge in [0.2, 0.25) is 0 Å². The Hall–Kier alpha value is -1.46. The van der Waals surface area contributed by atoms with Crippen molar-refractivity contribution in [2.24, 2.45) is 0 Å². The van der Waals surface area contributed by atoms with E-state index in [1.54, 1.807) is 0 Å². The number of halogens is 1. The van der Waals surface area contributed by atoms with Gasteiger partial charge in [-0.1, -0.05) is 30.3 Å². The Morgan fingerprint density at radius 2 is 2.10 bits per heavy atom.